The number of urea groups is 1. The van der Waals surface area contributed by atoms with E-state index in [1.807, 2.05) is 48.5 Å². The molecule has 1 fully saturated rings. The summed E-state index contributed by atoms with van der Waals surface area (Å²) in [5.41, 5.74) is 1.93. The molecule has 3 aromatic rings. The van der Waals surface area contributed by atoms with Gasteiger partial charge in [0.1, 0.15) is 12.2 Å². The fraction of sp³-hybridized carbons (Fsp3) is 0.0909. The number of halogens is 1. The highest BCUT2D eigenvalue weighted by Gasteiger charge is 2.35. The number of rotatable bonds is 6. The molecule has 1 aliphatic rings. The van der Waals surface area contributed by atoms with E-state index in [2.05, 4.69) is 15.6 Å². The Bertz CT molecular complexity index is 1180. The predicted octanol–water partition coefficient (Wildman–Crippen LogP) is 3.92. The zero-order valence-corrected chi connectivity index (χ0v) is 17.7. The first-order valence-electron chi connectivity index (χ1n) is 9.36. The van der Waals surface area contributed by atoms with Crippen LogP contribution in [-0.4, -0.2) is 34.3 Å². The van der Waals surface area contributed by atoms with Crippen molar-refractivity contribution in [2.24, 2.45) is 0 Å². The third-order valence-corrected chi connectivity index (χ3v) is 5.59. The van der Waals surface area contributed by atoms with Crippen molar-refractivity contribution in [2.75, 3.05) is 11.9 Å². The predicted molar refractivity (Wildman–Crippen MR) is 120 cm³/mol. The fourth-order valence-corrected chi connectivity index (χ4v) is 4.10. The van der Waals surface area contributed by atoms with Crippen LogP contribution in [0.1, 0.15) is 16.0 Å². The zero-order chi connectivity index (χ0) is 21.8. The molecular formula is C22H17ClN4O3S. The van der Waals surface area contributed by atoms with Crippen molar-refractivity contribution in [2.45, 2.75) is 6.42 Å². The van der Waals surface area contributed by atoms with Gasteiger partial charge in [-0.3, -0.25) is 9.59 Å². The molecule has 156 valence electrons. The molecule has 0 saturated carbocycles. The molecular weight excluding hydrogens is 436 g/mol. The van der Waals surface area contributed by atoms with Gasteiger partial charge in [-0.05, 0) is 29.3 Å². The van der Waals surface area contributed by atoms with E-state index in [9.17, 15) is 14.4 Å². The molecule has 0 aliphatic carbocycles. The van der Waals surface area contributed by atoms with E-state index < -0.39 is 24.4 Å². The normalized spacial score (nSPS) is 14.7. The number of amides is 4. The van der Waals surface area contributed by atoms with Crippen molar-refractivity contribution in [1.29, 1.82) is 0 Å². The maximum Gasteiger partial charge on any atom is 0.329 e. The van der Waals surface area contributed by atoms with Crippen LogP contribution >= 0.6 is 22.9 Å². The van der Waals surface area contributed by atoms with E-state index in [1.165, 1.54) is 11.3 Å². The molecule has 0 bridgehead atoms. The Morgan fingerprint density at radius 3 is 2.74 bits per heavy atom. The van der Waals surface area contributed by atoms with E-state index in [4.69, 9.17) is 11.6 Å². The topological polar surface area (TPSA) is 91.4 Å². The van der Waals surface area contributed by atoms with Gasteiger partial charge >= 0.3 is 6.03 Å². The molecule has 9 heteroatoms. The Morgan fingerprint density at radius 2 is 1.97 bits per heavy atom. The Labute approximate surface area is 187 Å². The number of nitrogens with zero attached hydrogens (tertiary/aromatic N) is 2. The number of imide groups is 1. The zero-order valence-electron chi connectivity index (χ0n) is 16.2. The molecule has 7 nitrogen and oxygen atoms in total. The van der Waals surface area contributed by atoms with E-state index >= 15 is 0 Å². The SMILES string of the molecule is O=C(CN1C(=O)N/C(=C\c2ccccc2)C1=O)Nc1ncc(Cc2cccc(Cl)c2)s1. The number of nitrogens with one attached hydrogen (secondary N) is 2. The number of thiazole rings is 1. The lowest BCUT2D eigenvalue weighted by atomic mass is 10.1. The molecule has 1 aromatic heterocycles. The van der Waals surface area contributed by atoms with Crippen molar-refractivity contribution in [1.82, 2.24) is 15.2 Å². The van der Waals surface area contributed by atoms with Crippen LogP contribution in [0.3, 0.4) is 0 Å². The van der Waals surface area contributed by atoms with Gasteiger partial charge in [0.05, 0.1) is 0 Å². The van der Waals surface area contributed by atoms with Crippen LogP contribution in [0.4, 0.5) is 9.93 Å². The van der Waals surface area contributed by atoms with Gasteiger partial charge in [-0.25, -0.2) is 14.7 Å². The summed E-state index contributed by atoms with van der Waals surface area (Å²) in [4.78, 5) is 43.1. The minimum absolute atomic E-state index is 0.127. The number of anilines is 1. The van der Waals surface area contributed by atoms with Crippen molar-refractivity contribution in [3.8, 4) is 0 Å². The van der Waals surface area contributed by atoms with Gasteiger partial charge in [0.25, 0.3) is 5.91 Å². The first kappa shape index (κ1) is 20.8. The second-order valence-electron chi connectivity index (χ2n) is 6.78. The van der Waals surface area contributed by atoms with Gasteiger partial charge in [-0.1, -0.05) is 54.1 Å². The summed E-state index contributed by atoms with van der Waals surface area (Å²) >= 11 is 7.33. The van der Waals surface area contributed by atoms with Gasteiger partial charge < -0.3 is 10.6 Å². The van der Waals surface area contributed by atoms with Crippen LogP contribution in [0, 0.1) is 0 Å². The van der Waals surface area contributed by atoms with Gasteiger partial charge in [0.2, 0.25) is 5.91 Å². The summed E-state index contributed by atoms with van der Waals surface area (Å²) in [6, 6.07) is 16.0. The Morgan fingerprint density at radius 1 is 1.16 bits per heavy atom. The minimum atomic E-state index is -0.636. The third kappa shape index (κ3) is 5.17. The fourth-order valence-electron chi connectivity index (χ4n) is 3.03. The molecule has 2 N–H and O–H groups in total. The number of hydrogen-bond acceptors (Lipinski definition) is 5. The van der Waals surface area contributed by atoms with Crippen LogP contribution in [-0.2, 0) is 16.0 Å². The summed E-state index contributed by atoms with van der Waals surface area (Å²) in [5, 5.41) is 6.20. The molecule has 0 unspecified atom stereocenters. The maximum atomic E-state index is 12.5. The van der Waals surface area contributed by atoms with E-state index in [-0.39, 0.29) is 5.70 Å². The molecule has 2 heterocycles. The van der Waals surface area contributed by atoms with E-state index in [0.29, 0.717) is 16.6 Å². The van der Waals surface area contributed by atoms with Crippen molar-refractivity contribution in [3.05, 3.63) is 87.5 Å². The van der Waals surface area contributed by atoms with Crippen LogP contribution < -0.4 is 10.6 Å². The lowest BCUT2D eigenvalue weighted by Crippen LogP contribution is -2.38. The minimum Gasteiger partial charge on any atom is -0.303 e. The van der Waals surface area contributed by atoms with Crippen molar-refractivity contribution < 1.29 is 14.4 Å². The third-order valence-electron chi connectivity index (χ3n) is 4.44. The van der Waals surface area contributed by atoms with E-state index in [0.717, 1.165) is 20.9 Å². The molecule has 2 aromatic carbocycles. The van der Waals surface area contributed by atoms with Gasteiger partial charge in [-0.15, -0.1) is 11.3 Å². The summed E-state index contributed by atoms with van der Waals surface area (Å²) in [5.74, 6) is -1.06. The molecule has 4 amide bonds. The lowest BCUT2D eigenvalue weighted by Gasteiger charge is -2.10. The first-order valence-corrected chi connectivity index (χ1v) is 10.6. The number of carbonyl (C=O) groups is 3. The monoisotopic (exact) mass is 452 g/mol. The van der Waals surface area contributed by atoms with Gasteiger partial charge in [-0.2, -0.15) is 0 Å². The Balaban J connectivity index is 1.37. The highest BCUT2D eigenvalue weighted by Crippen LogP contribution is 2.23. The molecule has 1 aliphatic heterocycles. The number of carbonyl (C=O) groups excluding carboxylic acids is 3. The average molecular weight is 453 g/mol. The summed E-state index contributed by atoms with van der Waals surface area (Å²) in [7, 11) is 0. The molecule has 0 atom stereocenters. The maximum absolute atomic E-state index is 12.5. The van der Waals surface area contributed by atoms with Crippen LogP contribution in [0.15, 0.2) is 66.5 Å². The quantitative estimate of drug-likeness (QED) is 0.438. The van der Waals surface area contributed by atoms with Gasteiger partial charge in [0, 0.05) is 22.5 Å². The van der Waals surface area contributed by atoms with Gasteiger partial charge in [0.15, 0.2) is 5.13 Å². The van der Waals surface area contributed by atoms with Crippen molar-refractivity contribution >= 4 is 52.0 Å². The Hall–Kier alpha value is -3.49. The second kappa shape index (κ2) is 9.11. The molecule has 4 rings (SSSR count). The first-order chi connectivity index (χ1) is 15.0. The standard InChI is InChI=1S/C22H17ClN4O3S/c23-16-8-4-7-15(9-16)10-17-12-24-21(31-17)26-19(28)13-27-20(29)18(25-22(27)30)11-14-5-2-1-3-6-14/h1-9,11-12H,10,13H2,(H,25,30)(H,24,26,28)/b18-11-. The molecule has 1 saturated heterocycles. The van der Waals surface area contributed by atoms with Crippen LogP contribution in [0.25, 0.3) is 6.08 Å². The molecule has 0 spiro atoms. The highest BCUT2D eigenvalue weighted by atomic mass is 35.5. The van der Waals surface area contributed by atoms with Crippen molar-refractivity contribution in [3.63, 3.8) is 0 Å². The Kier molecular flexibility index (Phi) is 6.11. The average Bonchev–Trinajstić information content (AvgIpc) is 3.28. The largest absolute Gasteiger partial charge is 0.329 e. The van der Waals surface area contributed by atoms with Crippen LogP contribution in [0.2, 0.25) is 5.02 Å². The summed E-state index contributed by atoms with van der Waals surface area (Å²) in [6.45, 7) is -0.403. The smallest absolute Gasteiger partial charge is 0.303 e. The number of aromatic nitrogens is 1. The lowest BCUT2D eigenvalue weighted by molar-refractivity contribution is -0.127. The molecule has 31 heavy (non-hydrogen) atoms. The number of benzene rings is 2. The van der Waals surface area contributed by atoms with E-state index in [1.54, 1.807) is 18.3 Å². The summed E-state index contributed by atoms with van der Waals surface area (Å²) < 4.78 is 0. The molecule has 0 radical (unpaired) electrons. The number of hydrogen-bond donors (Lipinski definition) is 2. The van der Waals surface area contributed by atoms with Crippen LogP contribution in [0.5, 0.6) is 0 Å². The summed E-state index contributed by atoms with van der Waals surface area (Å²) in [6.07, 6.45) is 3.88. The highest BCUT2D eigenvalue weighted by molar-refractivity contribution is 7.15. The second-order valence-corrected chi connectivity index (χ2v) is 8.33.